The van der Waals surface area contributed by atoms with Crippen LogP contribution in [-0.4, -0.2) is 30.0 Å². The van der Waals surface area contributed by atoms with Crippen molar-refractivity contribution < 1.29 is 0 Å². The van der Waals surface area contributed by atoms with E-state index in [9.17, 15) is 0 Å². The van der Waals surface area contributed by atoms with Crippen molar-refractivity contribution in [3.63, 3.8) is 0 Å². The number of rotatable bonds is 5. The average Bonchev–Trinajstić information content (AvgIpc) is 3.01. The van der Waals surface area contributed by atoms with Gasteiger partial charge in [-0.05, 0) is 37.4 Å². The highest BCUT2D eigenvalue weighted by Gasteiger charge is 2.23. The summed E-state index contributed by atoms with van der Waals surface area (Å²) in [5.74, 6) is 0.840. The second kappa shape index (κ2) is 6.54. The van der Waals surface area contributed by atoms with Gasteiger partial charge in [-0.1, -0.05) is 37.1 Å². The van der Waals surface area contributed by atoms with Gasteiger partial charge in [0.2, 0.25) is 0 Å². The van der Waals surface area contributed by atoms with E-state index in [-0.39, 0.29) is 6.04 Å². The third-order valence-electron chi connectivity index (χ3n) is 4.80. The van der Waals surface area contributed by atoms with Gasteiger partial charge >= 0.3 is 0 Å². The van der Waals surface area contributed by atoms with E-state index < -0.39 is 0 Å². The summed E-state index contributed by atoms with van der Waals surface area (Å²) < 4.78 is 0. The zero-order chi connectivity index (χ0) is 14.7. The Kier molecular flexibility index (Phi) is 4.51. The number of nitrogens with two attached hydrogens (primary N) is 1. The normalized spacial score (nSPS) is 17.7. The number of aromatic nitrogens is 1. The van der Waals surface area contributed by atoms with E-state index in [0.717, 1.165) is 18.0 Å². The van der Waals surface area contributed by atoms with Gasteiger partial charge in [0.05, 0.1) is 5.52 Å². The molecule has 3 rings (SSSR count). The lowest BCUT2D eigenvalue weighted by Gasteiger charge is -2.30. The van der Waals surface area contributed by atoms with Crippen molar-refractivity contribution in [1.29, 1.82) is 0 Å². The molecule has 1 aromatic heterocycles. The Morgan fingerprint density at radius 3 is 2.76 bits per heavy atom. The summed E-state index contributed by atoms with van der Waals surface area (Å²) in [6.45, 7) is 1.78. The fraction of sp³-hybridized carbons (Fsp3) is 0.500. The van der Waals surface area contributed by atoms with Crippen molar-refractivity contribution in [2.45, 2.75) is 31.7 Å². The topological polar surface area (TPSA) is 42.1 Å². The molecule has 21 heavy (non-hydrogen) atoms. The average molecular weight is 283 g/mol. The molecule has 0 amide bonds. The summed E-state index contributed by atoms with van der Waals surface area (Å²) in [7, 11) is 2.21. The SMILES string of the molecule is CN(CC1CCCC1)C(CN)c1cccc2cccnc12. The number of fused-ring (bicyclic) bond motifs is 1. The van der Waals surface area contributed by atoms with Gasteiger partial charge < -0.3 is 5.73 Å². The standard InChI is InChI=1S/C18H25N3/c1-21(13-14-6-2-3-7-14)17(12-19)16-10-4-8-15-9-5-11-20-18(15)16/h4-5,8-11,14,17H,2-3,6-7,12-13,19H2,1H3. The molecule has 1 heterocycles. The maximum absolute atomic E-state index is 6.10. The van der Waals surface area contributed by atoms with Crippen LogP contribution in [-0.2, 0) is 0 Å². The molecular formula is C18H25N3. The van der Waals surface area contributed by atoms with E-state index >= 15 is 0 Å². The van der Waals surface area contributed by atoms with Crippen molar-refractivity contribution in [1.82, 2.24) is 9.88 Å². The Balaban J connectivity index is 1.86. The summed E-state index contributed by atoms with van der Waals surface area (Å²) in [5, 5.41) is 1.20. The van der Waals surface area contributed by atoms with Crippen molar-refractivity contribution in [3.05, 3.63) is 42.1 Å². The largest absolute Gasteiger partial charge is 0.329 e. The number of likely N-dealkylation sites (N-methyl/N-ethyl adjacent to an activating group) is 1. The lowest BCUT2D eigenvalue weighted by molar-refractivity contribution is 0.213. The van der Waals surface area contributed by atoms with Crippen LogP contribution in [0, 0.1) is 5.92 Å². The third kappa shape index (κ3) is 3.09. The minimum atomic E-state index is 0.254. The van der Waals surface area contributed by atoms with Crippen molar-refractivity contribution in [2.75, 3.05) is 20.1 Å². The van der Waals surface area contributed by atoms with Crippen LogP contribution in [0.2, 0.25) is 0 Å². The molecule has 1 atom stereocenters. The van der Waals surface area contributed by atoms with E-state index in [2.05, 4.69) is 41.2 Å². The van der Waals surface area contributed by atoms with Gasteiger partial charge in [-0.15, -0.1) is 0 Å². The van der Waals surface area contributed by atoms with E-state index in [1.165, 1.54) is 36.6 Å². The van der Waals surface area contributed by atoms with Crippen LogP contribution in [0.1, 0.15) is 37.3 Å². The quantitative estimate of drug-likeness (QED) is 0.915. The van der Waals surface area contributed by atoms with Gasteiger partial charge in [0, 0.05) is 30.7 Å². The summed E-state index contributed by atoms with van der Waals surface area (Å²) in [4.78, 5) is 7.01. The molecule has 2 N–H and O–H groups in total. The van der Waals surface area contributed by atoms with Crippen LogP contribution in [0.4, 0.5) is 0 Å². The monoisotopic (exact) mass is 283 g/mol. The lowest BCUT2D eigenvalue weighted by atomic mass is 10.00. The fourth-order valence-corrected chi connectivity index (χ4v) is 3.67. The smallest absolute Gasteiger partial charge is 0.0750 e. The Morgan fingerprint density at radius 1 is 1.24 bits per heavy atom. The summed E-state index contributed by atoms with van der Waals surface area (Å²) >= 11 is 0. The van der Waals surface area contributed by atoms with E-state index in [4.69, 9.17) is 5.73 Å². The summed E-state index contributed by atoms with van der Waals surface area (Å²) in [5.41, 5.74) is 8.45. The van der Waals surface area contributed by atoms with Crippen LogP contribution >= 0.6 is 0 Å². The predicted octanol–water partition coefficient (Wildman–Crippen LogP) is 3.36. The third-order valence-corrected chi connectivity index (χ3v) is 4.80. The molecule has 112 valence electrons. The van der Waals surface area contributed by atoms with Crippen LogP contribution in [0.5, 0.6) is 0 Å². The molecule has 1 aliphatic rings. The fourth-order valence-electron chi connectivity index (χ4n) is 3.67. The van der Waals surface area contributed by atoms with Gasteiger partial charge in [0.15, 0.2) is 0 Å². The number of hydrogen-bond acceptors (Lipinski definition) is 3. The zero-order valence-electron chi connectivity index (χ0n) is 12.8. The second-order valence-electron chi connectivity index (χ2n) is 6.26. The molecule has 1 saturated carbocycles. The molecule has 0 bridgehead atoms. The van der Waals surface area contributed by atoms with Crippen LogP contribution < -0.4 is 5.73 Å². The molecule has 1 fully saturated rings. The van der Waals surface area contributed by atoms with Crippen molar-refractivity contribution >= 4 is 10.9 Å². The maximum atomic E-state index is 6.10. The first-order chi connectivity index (χ1) is 10.3. The minimum absolute atomic E-state index is 0.254. The Bertz CT molecular complexity index is 585. The molecule has 3 heteroatoms. The number of benzene rings is 1. The molecule has 2 aromatic rings. The van der Waals surface area contributed by atoms with Gasteiger partial charge in [0.25, 0.3) is 0 Å². The highest BCUT2D eigenvalue weighted by atomic mass is 15.1. The van der Waals surface area contributed by atoms with Gasteiger partial charge in [0.1, 0.15) is 0 Å². The molecule has 0 spiro atoms. The van der Waals surface area contributed by atoms with Crippen molar-refractivity contribution in [3.8, 4) is 0 Å². The van der Waals surface area contributed by atoms with E-state index in [1.54, 1.807) is 0 Å². The minimum Gasteiger partial charge on any atom is -0.329 e. The lowest BCUT2D eigenvalue weighted by Crippen LogP contribution is -2.34. The number of pyridine rings is 1. The van der Waals surface area contributed by atoms with Crippen LogP contribution in [0.25, 0.3) is 10.9 Å². The molecule has 1 unspecified atom stereocenters. The van der Waals surface area contributed by atoms with E-state index in [0.29, 0.717) is 6.54 Å². The first-order valence-electron chi connectivity index (χ1n) is 8.03. The second-order valence-corrected chi connectivity index (χ2v) is 6.26. The summed E-state index contributed by atoms with van der Waals surface area (Å²) in [6.07, 6.45) is 7.39. The molecule has 1 aliphatic carbocycles. The number of para-hydroxylation sites is 1. The Morgan fingerprint density at radius 2 is 2.00 bits per heavy atom. The zero-order valence-corrected chi connectivity index (χ0v) is 12.8. The first kappa shape index (κ1) is 14.5. The highest BCUT2D eigenvalue weighted by Crippen LogP contribution is 2.30. The number of hydrogen-bond donors (Lipinski definition) is 1. The Hall–Kier alpha value is -1.45. The van der Waals surface area contributed by atoms with Gasteiger partial charge in [-0.3, -0.25) is 9.88 Å². The van der Waals surface area contributed by atoms with Gasteiger partial charge in [-0.2, -0.15) is 0 Å². The molecule has 0 aliphatic heterocycles. The summed E-state index contributed by atoms with van der Waals surface area (Å²) in [6, 6.07) is 10.8. The number of nitrogens with zero attached hydrogens (tertiary/aromatic N) is 2. The molecule has 3 nitrogen and oxygen atoms in total. The molecular weight excluding hydrogens is 258 g/mol. The first-order valence-corrected chi connectivity index (χ1v) is 8.03. The van der Waals surface area contributed by atoms with Crippen LogP contribution in [0.3, 0.4) is 0 Å². The van der Waals surface area contributed by atoms with Crippen LogP contribution in [0.15, 0.2) is 36.5 Å². The van der Waals surface area contributed by atoms with Gasteiger partial charge in [-0.25, -0.2) is 0 Å². The maximum Gasteiger partial charge on any atom is 0.0750 e. The highest BCUT2D eigenvalue weighted by molar-refractivity contribution is 5.82. The van der Waals surface area contributed by atoms with Crippen molar-refractivity contribution in [2.24, 2.45) is 11.7 Å². The molecule has 0 radical (unpaired) electrons. The van der Waals surface area contributed by atoms with E-state index in [1.807, 2.05) is 12.3 Å². The molecule has 0 saturated heterocycles. The molecule has 1 aromatic carbocycles. The predicted molar refractivity (Wildman–Crippen MR) is 88.1 cm³/mol. The Labute approximate surface area is 127 Å².